The normalized spacial score (nSPS) is 19.7. The molecular weight excluding hydrogens is 460 g/mol. The van der Waals surface area contributed by atoms with E-state index in [4.69, 9.17) is 17.3 Å². The Balaban J connectivity index is 0.000000310. The quantitative estimate of drug-likeness (QED) is 0.427. The SMILES string of the molecule is Brc1ccccc1.CCC(N)C1CCC(Cc2cc3cc[nH]c(=O)c3cc2Cl)CC1. The van der Waals surface area contributed by atoms with Crippen LogP contribution in [-0.4, -0.2) is 11.0 Å². The van der Waals surface area contributed by atoms with Crippen molar-refractivity contribution in [1.82, 2.24) is 4.98 Å². The molecular formula is C25H30BrClN2O. The molecule has 1 heterocycles. The summed E-state index contributed by atoms with van der Waals surface area (Å²) >= 11 is 9.73. The molecule has 1 aliphatic carbocycles. The third-order valence-corrected chi connectivity index (χ3v) is 7.03. The van der Waals surface area contributed by atoms with Crippen molar-refractivity contribution in [3.63, 3.8) is 0 Å². The molecule has 30 heavy (non-hydrogen) atoms. The molecule has 0 bridgehead atoms. The summed E-state index contributed by atoms with van der Waals surface area (Å²) in [4.78, 5) is 14.5. The summed E-state index contributed by atoms with van der Waals surface area (Å²) in [5.74, 6) is 1.36. The molecule has 0 radical (unpaired) electrons. The second kappa shape index (κ2) is 11.1. The van der Waals surface area contributed by atoms with Crippen LogP contribution in [-0.2, 0) is 6.42 Å². The van der Waals surface area contributed by atoms with Crippen LogP contribution in [0.5, 0.6) is 0 Å². The highest BCUT2D eigenvalue weighted by Gasteiger charge is 2.25. The Morgan fingerprint density at radius 1 is 1.13 bits per heavy atom. The van der Waals surface area contributed by atoms with Gasteiger partial charge in [-0.3, -0.25) is 4.79 Å². The molecule has 0 aliphatic heterocycles. The summed E-state index contributed by atoms with van der Waals surface area (Å²) in [6.45, 7) is 2.17. The zero-order valence-electron chi connectivity index (χ0n) is 17.4. The van der Waals surface area contributed by atoms with Gasteiger partial charge in [0.2, 0.25) is 0 Å². The molecule has 160 valence electrons. The van der Waals surface area contributed by atoms with Crippen LogP contribution in [0.15, 0.2) is 64.0 Å². The van der Waals surface area contributed by atoms with Crippen LogP contribution >= 0.6 is 27.5 Å². The van der Waals surface area contributed by atoms with Crippen molar-refractivity contribution in [2.75, 3.05) is 0 Å². The van der Waals surface area contributed by atoms with Crippen LogP contribution in [0.3, 0.4) is 0 Å². The van der Waals surface area contributed by atoms with Gasteiger partial charge in [-0.2, -0.15) is 0 Å². The van der Waals surface area contributed by atoms with Crippen LogP contribution in [0, 0.1) is 11.8 Å². The van der Waals surface area contributed by atoms with Gasteiger partial charge in [-0.15, -0.1) is 0 Å². The third kappa shape index (κ3) is 6.19. The van der Waals surface area contributed by atoms with Crippen molar-refractivity contribution in [2.24, 2.45) is 17.6 Å². The van der Waals surface area contributed by atoms with Crippen molar-refractivity contribution < 1.29 is 0 Å². The van der Waals surface area contributed by atoms with Gasteiger partial charge in [0.15, 0.2) is 0 Å². The minimum absolute atomic E-state index is 0.0787. The summed E-state index contributed by atoms with van der Waals surface area (Å²) in [7, 11) is 0. The number of hydrogen-bond donors (Lipinski definition) is 2. The highest BCUT2D eigenvalue weighted by atomic mass is 79.9. The zero-order valence-corrected chi connectivity index (χ0v) is 19.8. The van der Waals surface area contributed by atoms with Crippen LogP contribution < -0.4 is 11.3 Å². The summed E-state index contributed by atoms with van der Waals surface area (Å²) in [5.41, 5.74) is 7.27. The highest BCUT2D eigenvalue weighted by molar-refractivity contribution is 9.10. The lowest BCUT2D eigenvalue weighted by atomic mass is 9.76. The Hall–Kier alpha value is -1.62. The van der Waals surface area contributed by atoms with Crippen molar-refractivity contribution in [1.29, 1.82) is 0 Å². The summed E-state index contributed by atoms with van der Waals surface area (Å²) < 4.78 is 1.13. The number of aromatic nitrogens is 1. The van der Waals surface area contributed by atoms with Gasteiger partial charge < -0.3 is 10.7 Å². The van der Waals surface area contributed by atoms with Crippen molar-refractivity contribution in [3.8, 4) is 0 Å². The van der Waals surface area contributed by atoms with E-state index in [0.717, 1.165) is 28.3 Å². The Labute approximate surface area is 192 Å². The van der Waals surface area contributed by atoms with Gasteiger partial charge in [0.05, 0.1) is 0 Å². The van der Waals surface area contributed by atoms with E-state index in [0.29, 0.717) is 28.3 Å². The number of halogens is 2. The van der Waals surface area contributed by atoms with E-state index in [1.165, 1.54) is 25.7 Å². The molecule has 1 aromatic heterocycles. The smallest absolute Gasteiger partial charge is 0.255 e. The lowest BCUT2D eigenvalue weighted by Gasteiger charge is -2.32. The van der Waals surface area contributed by atoms with Crippen molar-refractivity contribution >= 4 is 38.3 Å². The zero-order chi connectivity index (χ0) is 21.5. The largest absolute Gasteiger partial charge is 0.329 e. The van der Waals surface area contributed by atoms with Gasteiger partial charge in [-0.05, 0) is 91.6 Å². The molecule has 2 aromatic carbocycles. The number of aromatic amines is 1. The summed E-state index contributed by atoms with van der Waals surface area (Å²) in [6.07, 6.45) is 8.66. The standard InChI is InChI=1S/C19H25ClN2O.C6H5Br/c1-2-18(21)13-5-3-12(4-6-13)9-15-10-14-7-8-22-19(23)16(14)11-17(15)20;7-6-4-2-1-3-5-6/h7-8,10-13,18H,2-6,9,21H2,1H3,(H,22,23);1-5H. The molecule has 1 fully saturated rings. The first-order chi connectivity index (χ1) is 14.5. The molecule has 0 amide bonds. The molecule has 5 heteroatoms. The second-order valence-electron chi connectivity index (χ2n) is 8.19. The fourth-order valence-electron chi connectivity index (χ4n) is 4.29. The Morgan fingerprint density at radius 3 is 2.43 bits per heavy atom. The fourth-order valence-corrected chi connectivity index (χ4v) is 4.84. The molecule has 0 spiro atoms. The Bertz CT molecular complexity index is 997. The molecule has 1 atom stereocenters. The Kier molecular flexibility index (Phi) is 8.55. The average Bonchev–Trinajstić information content (AvgIpc) is 2.76. The molecule has 4 rings (SSSR count). The average molecular weight is 490 g/mol. The molecule has 3 N–H and O–H groups in total. The van der Waals surface area contributed by atoms with E-state index in [-0.39, 0.29) is 5.56 Å². The van der Waals surface area contributed by atoms with Crippen LogP contribution in [0.4, 0.5) is 0 Å². The number of hydrogen-bond acceptors (Lipinski definition) is 2. The predicted octanol–water partition coefficient (Wildman–Crippen LogP) is 6.72. The minimum Gasteiger partial charge on any atom is -0.329 e. The molecule has 1 aliphatic rings. The van der Waals surface area contributed by atoms with Crippen LogP contribution in [0.1, 0.15) is 44.6 Å². The molecule has 3 nitrogen and oxygen atoms in total. The van der Waals surface area contributed by atoms with Gasteiger partial charge in [0.25, 0.3) is 5.56 Å². The number of nitrogens with two attached hydrogens (primary N) is 1. The number of rotatable bonds is 4. The van der Waals surface area contributed by atoms with Crippen molar-refractivity contribution in [3.05, 3.63) is 80.1 Å². The summed E-state index contributed by atoms with van der Waals surface area (Å²) in [6, 6.07) is 16.2. The number of nitrogens with one attached hydrogen (secondary N) is 1. The second-order valence-corrected chi connectivity index (χ2v) is 9.51. The van der Waals surface area contributed by atoms with Crippen LogP contribution in [0.2, 0.25) is 5.02 Å². The number of fused-ring (bicyclic) bond motifs is 1. The van der Waals surface area contributed by atoms with Crippen molar-refractivity contribution in [2.45, 2.75) is 51.5 Å². The van der Waals surface area contributed by atoms with Crippen LogP contribution in [0.25, 0.3) is 10.8 Å². The van der Waals surface area contributed by atoms with Gasteiger partial charge in [-0.1, -0.05) is 52.7 Å². The highest BCUT2D eigenvalue weighted by Crippen LogP contribution is 2.34. The lowest BCUT2D eigenvalue weighted by Crippen LogP contribution is -2.32. The van der Waals surface area contributed by atoms with E-state index >= 15 is 0 Å². The first-order valence-corrected chi connectivity index (χ1v) is 11.9. The predicted molar refractivity (Wildman–Crippen MR) is 131 cm³/mol. The number of benzene rings is 2. The van der Waals surface area contributed by atoms with Gasteiger partial charge in [0, 0.05) is 27.1 Å². The number of H-pyrrole nitrogens is 1. The first kappa shape index (κ1) is 23.1. The summed E-state index contributed by atoms with van der Waals surface area (Å²) in [5, 5.41) is 2.34. The van der Waals surface area contributed by atoms with Gasteiger partial charge in [-0.25, -0.2) is 0 Å². The fraction of sp³-hybridized carbons (Fsp3) is 0.400. The van der Waals surface area contributed by atoms with Gasteiger partial charge >= 0.3 is 0 Å². The Morgan fingerprint density at radius 2 is 1.83 bits per heavy atom. The molecule has 1 unspecified atom stereocenters. The van der Waals surface area contributed by atoms with E-state index in [9.17, 15) is 4.79 Å². The topological polar surface area (TPSA) is 58.9 Å². The van der Waals surface area contributed by atoms with E-state index < -0.39 is 0 Å². The van der Waals surface area contributed by atoms with E-state index in [1.54, 1.807) is 6.20 Å². The van der Waals surface area contributed by atoms with E-state index in [1.807, 2.05) is 42.5 Å². The van der Waals surface area contributed by atoms with E-state index in [2.05, 4.69) is 33.9 Å². The monoisotopic (exact) mass is 488 g/mol. The maximum Gasteiger partial charge on any atom is 0.255 e. The molecule has 3 aromatic rings. The molecule has 1 saturated carbocycles. The maximum absolute atomic E-state index is 11.8. The lowest BCUT2D eigenvalue weighted by molar-refractivity contribution is 0.239. The first-order valence-electron chi connectivity index (χ1n) is 10.7. The third-order valence-electron chi connectivity index (χ3n) is 6.15. The van der Waals surface area contributed by atoms with Gasteiger partial charge in [0.1, 0.15) is 0 Å². The molecule has 0 saturated heterocycles. The maximum atomic E-state index is 11.8. The minimum atomic E-state index is -0.0787. The number of pyridine rings is 1.